The smallest absolute Gasteiger partial charge is 0.221 e. The molecule has 0 radical (unpaired) electrons. The molecule has 0 bridgehead atoms. The molecule has 116 valence electrons. The zero-order chi connectivity index (χ0) is 14.2. The Hall–Kier alpha value is -0.650. The van der Waals surface area contributed by atoms with Crippen LogP contribution in [0.3, 0.4) is 0 Å². The van der Waals surface area contributed by atoms with Crippen LogP contribution in [0.15, 0.2) is 0 Å². The largest absolute Gasteiger partial charge is 0.383 e. The summed E-state index contributed by atoms with van der Waals surface area (Å²) in [6.45, 7) is 4.70. The molecule has 1 unspecified atom stereocenters. The third-order valence-corrected chi connectivity index (χ3v) is 4.18. The van der Waals surface area contributed by atoms with E-state index in [1.807, 2.05) is 0 Å². The van der Waals surface area contributed by atoms with Gasteiger partial charge in [0, 0.05) is 45.2 Å². The van der Waals surface area contributed by atoms with E-state index in [0.717, 1.165) is 32.8 Å². The predicted molar refractivity (Wildman–Crippen MR) is 79.7 cm³/mol. The lowest BCUT2D eigenvalue weighted by molar-refractivity contribution is -0.121. The van der Waals surface area contributed by atoms with Gasteiger partial charge in [-0.25, -0.2) is 0 Å². The zero-order valence-corrected chi connectivity index (χ0v) is 12.7. The molecule has 1 aliphatic carbocycles. The number of piperidine rings is 1. The van der Waals surface area contributed by atoms with Gasteiger partial charge in [0.2, 0.25) is 5.91 Å². The molecule has 5 nitrogen and oxygen atoms in total. The zero-order valence-electron chi connectivity index (χ0n) is 12.7. The lowest BCUT2D eigenvalue weighted by atomic mass is 10.0. The predicted octanol–water partition coefficient (Wildman–Crippen LogP) is 0.746. The van der Waals surface area contributed by atoms with Gasteiger partial charge < -0.3 is 15.4 Å². The van der Waals surface area contributed by atoms with Gasteiger partial charge in [-0.15, -0.1) is 0 Å². The van der Waals surface area contributed by atoms with Crippen LogP contribution in [0.4, 0.5) is 0 Å². The van der Waals surface area contributed by atoms with E-state index in [1.165, 1.54) is 32.1 Å². The maximum absolute atomic E-state index is 11.8. The number of ether oxygens (including phenoxy) is 1. The minimum Gasteiger partial charge on any atom is -0.383 e. The third kappa shape index (κ3) is 5.77. The molecule has 2 fully saturated rings. The van der Waals surface area contributed by atoms with Crippen LogP contribution in [0.2, 0.25) is 0 Å². The van der Waals surface area contributed by atoms with Crippen molar-refractivity contribution in [1.82, 2.24) is 15.5 Å². The number of hydrogen-bond donors (Lipinski definition) is 2. The van der Waals surface area contributed by atoms with Crippen LogP contribution in [-0.4, -0.2) is 62.8 Å². The van der Waals surface area contributed by atoms with Gasteiger partial charge in [0.05, 0.1) is 6.61 Å². The fourth-order valence-electron chi connectivity index (χ4n) is 2.80. The SMILES string of the molecule is COCCNCC1CCCCN1CCC(=O)NC1CC1. The monoisotopic (exact) mass is 283 g/mol. The number of carbonyl (C=O) groups is 1. The molecule has 0 aromatic rings. The summed E-state index contributed by atoms with van der Waals surface area (Å²) in [7, 11) is 1.73. The Bertz CT molecular complexity index is 295. The quantitative estimate of drug-likeness (QED) is 0.613. The number of nitrogens with one attached hydrogen (secondary N) is 2. The Kier molecular flexibility index (Phi) is 6.76. The van der Waals surface area contributed by atoms with Crippen LogP contribution in [-0.2, 0) is 9.53 Å². The summed E-state index contributed by atoms with van der Waals surface area (Å²) < 4.78 is 5.05. The third-order valence-electron chi connectivity index (χ3n) is 4.18. The molecule has 1 atom stereocenters. The van der Waals surface area contributed by atoms with Gasteiger partial charge in [-0.3, -0.25) is 9.69 Å². The highest BCUT2D eigenvalue weighted by atomic mass is 16.5. The molecule has 0 aromatic carbocycles. The van der Waals surface area contributed by atoms with E-state index >= 15 is 0 Å². The van der Waals surface area contributed by atoms with Crippen LogP contribution in [0, 0.1) is 0 Å². The van der Waals surface area contributed by atoms with E-state index in [9.17, 15) is 4.79 Å². The molecule has 2 rings (SSSR count). The topological polar surface area (TPSA) is 53.6 Å². The van der Waals surface area contributed by atoms with Crippen LogP contribution >= 0.6 is 0 Å². The van der Waals surface area contributed by atoms with E-state index in [4.69, 9.17) is 4.74 Å². The minimum absolute atomic E-state index is 0.226. The lowest BCUT2D eigenvalue weighted by Crippen LogP contribution is -2.47. The van der Waals surface area contributed by atoms with E-state index in [0.29, 0.717) is 18.5 Å². The average molecular weight is 283 g/mol. The molecule has 2 aliphatic rings. The molecule has 20 heavy (non-hydrogen) atoms. The first-order valence-corrected chi connectivity index (χ1v) is 8.02. The van der Waals surface area contributed by atoms with Gasteiger partial charge in [-0.05, 0) is 32.2 Å². The highest BCUT2D eigenvalue weighted by molar-refractivity contribution is 5.76. The molecule has 2 N–H and O–H groups in total. The van der Waals surface area contributed by atoms with Crippen LogP contribution in [0.1, 0.15) is 38.5 Å². The van der Waals surface area contributed by atoms with E-state index in [-0.39, 0.29) is 5.91 Å². The molecule has 0 spiro atoms. The van der Waals surface area contributed by atoms with Crippen molar-refractivity contribution in [2.45, 2.75) is 50.6 Å². The Morgan fingerprint density at radius 2 is 2.15 bits per heavy atom. The van der Waals surface area contributed by atoms with Crippen molar-refractivity contribution in [3.8, 4) is 0 Å². The first kappa shape index (κ1) is 15.7. The summed E-state index contributed by atoms with van der Waals surface area (Å²) in [5, 5.41) is 6.52. The molecule has 0 aromatic heterocycles. The van der Waals surface area contributed by atoms with Gasteiger partial charge in [-0.1, -0.05) is 6.42 Å². The Morgan fingerprint density at radius 1 is 1.30 bits per heavy atom. The number of likely N-dealkylation sites (tertiary alicyclic amines) is 1. The van der Waals surface area contributed by atoms with Crippen molar-refractivity contribution in [1.29, 1.82) is 0 Å². The summed E-state index contributed by atoms with van der Waals surface area (Å²) in [4.78, 5) is 14.3. The summed E-state index contributed by atoms with van der Waals surface area (Å²) in [6.07, 6.45) is 6.79. The second kappa shape index (κ2) is 8.60. The summed E-state index contributed by atoms with van der Waals surface area (Å²) >= 11 is 0. The number of amides is 1. The molecule has 1 aliphatic heterocycles. The highest BCUT2D eigenvalue weighted by Crippen LogP contribution is 2.19. The van der Waals surface area contributed by atoms with Gasteiger partial charge in [0.15, 0.2) is 0 Å². The normalized spacial score (nSPS) is 23.8. The number of nitrogens with zero attached hydrogens (tertiary/aromatic N) is 1. The van der Waals surface area contributed by atoms with Crippen molar-refractivity contribution in [3.63, 3.8) is 0 Å². The maximum Gasteiger partial charge on any atom is 0.221 e. The van der Waals surface area contributed by atoms with E-state index < -0.39 is 0 Å². The van der Waals surface area contributed by atoms with Gasteiger partial charge >= 0.3 is 0 Å². The first-order chi connectivity index (χ1) is 9.79. The summed E-state index contributed by atoms with van der Waals surface area (Å²) in [5.74, 6) is 0.226. The van der Waals surface area contributed by atoms with E-state index in [2.05, 4.69) is 15.5 Å². The average Bonchev–Trinajstić information content (AvgIpc) is 3.26. The van der Waals surface area contributed by atoms with Crippen molar-refractivity contribution < 1.29 is 9.53 Å². The fourth-order valence-corrected chi connectivity index (χ4v) is 2.80. The molecule has 1 saturated carbocycles. The van der Waals surface area contributed by atoms with Crippen LogP contribution in [0.5, 0.6) is 0 Å². The molecular weight excluding hydrogens is 254 g/mol. The summed E-state index contributed by atoms with van der Waals surface area (Å²) in [5.41, 5.74) is 0. The number of methoxy groups -OCH3 is 1. The van der Waals surface area contributed by atoms with Crippen molar-refractivity contribution in [3.05, 3.63) is 0 Å². The number of carbonyl (C=O) groups excluding carboxylic acids is 1. The standard InChI is InChI=1S/C15H29N3O2/c1-20-11-8-16-12-14-4-2-3-9-18(14)10-7-15(19)17-13-5-6-13/h13-14,16H,2-12H2,1H3,(H,17,19). The second-order valence-corrected chi connectivity index (χ2v) is 5.97. The first-order valence-electron chi connectivity index (χ1n) is 8.02. The fraction of sp³-hybridized carbons (Fsp3) is 0.933. The minimum atomic E-state index is 0.226. The molecule has 1 amide bonds. The van der Waals surface area contributed by atoms with Gasteiger partial charge in [0.1, 0.15) is 0 Å². The van der Waals surface area contributed by atoms with Gasteiger partial charge in [0.25, 0.3) is 0 Å². The number of rotatable bonds is 9. The Balaban J connectivity index is 1.64. The molecule has 5 heteroatoms. The Morgan fingerprint density at radius 3 is 2.90 bits per heavy atom. The lowest BCUT2D eigenvalue weighted by Gasteiger charge is -2.35. The summed E-state index contributed by atoms with van der Waals surface area (Å²) in [6, 6.07) is 1.06. The number of hydrogen-bond acceptors (Lipinski definition) is 4. The van der Waals surface area contributed by atoms with Gasteiger partial charge in [-0.2, -0.15) is 0 Å². The molecule has 1 heterocycles. The maximum atomic E-state index is 11.8. The highest BCUT2D eigenvalue weighted by Gasteiger charge is 2.25. The van der Waals surface area contributed by atoms with Crippen molar-refractivity contribution in [2.24, 2.45) is 0 Å². The van der Waals surface area contributed by atoms with Crippen LogP contribution in [0.25, 0.3) is 0 Å². The van der Waals surface area contributed by atoms with E-state index in [1.54, 1.807) is 7.11 Å². The Labute approximate surface area is 122 Å². The van der Waals surface area contributed by atoms with Crippen molar-refractivity contribution in [2.75, 3.05) is 39.9 Å². The van der Waals surface area contributed by atoms with Crippen LogP contribution < -0.4 is 10.6 Å². The molecule has 1 saturated heterocycles. The second-order valence-electron chi connectivity index (χ2n) is 5.97. The van der Waals surface area contributed by atoms with Crippen molar-refractivity contribution >= 4 is 5.91 Å². The molecular formula is C15H29N3O2.